The molecule has 1 aromatic carbocycles. The molecule has 3 aromatic rings. The van der Waals surface area contributed by atoms with Crippen LogP contribution in [0.25, 0.3) is 10.6 Å². The molecule has 0 atom stereocenters. The lowest BCUT2D eigenvalue weighted by molar-refractivity contribution is 0.385. The number of anilines is 1. The van der Waals surface area contributed by atoms with Gasteiger partial charge in [-0.05, 0) is 49.2 Å². The Balaban J connectivity index is 1.50. The van der Waals surface area contributed by atoms with Crippen molar-refractivity contribution in [3.05, 3.63) is 63.9 Å². The number of H-pyrrole nitrogens is 1. The van der Waals surface area contributed by atoms with Crippen molar-refractivity contribution < 1.29 is 8.42 Å². The molecule has 1 N–H and O–H groups in total. The Bertz CT molecular complexity index is 1170. The monoisotopic (exact) mass is 430 g/mol. The number of piperazine rings is 1. The number of sulfonamides is 1. The van der Waals surface area contributed by atoms with Crippen molar-refractivity contribution in [2.24, 2.45) is 0 Å². The van der Waals surface area contributed by atoms with Crippen LogP contribution in [-0.2, 0) is 10.0 Å². The van der Waals surface area contributed by atoms with Crippen LogP contribution in [0.2, 0.25) is 0 Å². The van der Waals surface area contributed by atoms with Crippen LogP contribution in [0, 0.1) is 13.8 Å². The first-order valence-corrected chi connectivity index (χ1v) is 11.6. The van der Waals surface area contributed by atoms with Gasteiger partial charge in [-0.3, -0.25) is 4.79 Å². The molecule has 1 fully saturated rings. The summed E-state index contributed by atoms with van der Waals surface area (Å²) in [6.07, 6.45) is 0. The molecule has 0 radical (unpaired) electrons. The van der Waals surface area contributed by atoms with Gasteiger partial charge < -0.3 is 4.90 Å². The van der Waals surface area contributed by atoms with Crippen molar-refractivity contribution in [2.75, 3.05) is 31.1 Å². The summed E-state index contributed by atoms with van der Waals surface area (Å²) < 4.78 is 28.0. The van der Waals surface area contributed by atoms with Gasteiger partial charge >= 0.3 is 0 Å². The molecule has 152 valence electrons. The molecule has 29 heavy (non-hydrogen) atoms. The summed E-state index contributed by atoms with van der Waals surface area (Å²) in [5.74, 6) is 0. The summed E-state index contributed by atoms with van der Waals surface area (Å²) in [5.41, 5.74) is 3.90. The third-order valence-electron chi connectivity index (χ3n) is 5.26. The van der Waals surface area contributed by atoms with Gasteiger partial charge in [0.25, 0.3) is 15.6 Å². The second-order valence-corrected chi connectivity index (χ2v) is 10.3. The van der Waals surface area contributed by atoms with E-state index in [0.29, 0.717) is 41.0 Å². The number of aryl methyl sites for hydroxylation is 1. The van der Waals surface area contributed by atoms with Crippen LogP contribution in [0.15, 0.2) is 51.5 Å². The predicted molar refractivity (Wildman–Crippen MR) is 115 cm³/mol. The minimum absolute atomic E-state index is 0.292. The van der Waals surface area contributed by atoms with Crippen LogP contribution >= 0.6 is 11.3 Å². The van der Waals surface area contributed by atoms with Crippen LogP contribution in [0.1, 0.15) is 11.1 Å². The highest BCUT2D eigenvalue weighted by Crippen LogP contribution is 2.32. The van der Waals surface area contributed by atoms with Crippen LogP contribution in [0.3, 0.4) is 0 Å². The number of nitrogens with zero attached hydrogens (tertiary/aromatic N) is 3. The number of aromatic amines is 1. The topological polar surface area (TPSA) is 86.4 Å². The van der Waals surface area contributed by atoms with Gasteiger partial charge in [-0.2, -0.15) is 9.40 Å². The zero-order chi connectivity index (χ0) is 20.6. The van der Waals surface area contributed by atoms with E-state index < -0.39 is 10.0 Å². The first kappa shape index (κ1) is 19.8. The molecule has 1 aliphatic rings. The van der Waals surface area contributed by atoms with Crippen molar-refractivity contribution in [3.63, 3.8) is 0 Å². The van der Waals surface area contributed by atoms with Crippen molar-refractivity contribution in [3.8, 4) is 10.6 Å². The Morgan fingerprint density at radius 3 is 2.45 bits per heavy atom. The van der Waals surface area contributed by atoms with Crippen molar-refractivity contribution in [1.82, 2.24) is 14.5 Å². The quantitative estimate of drug-likeness (QED) is 0.688. The zero-order valence-electron chi connectivity index (χ0n) is 16.3. The maximum absolute atomic E-state index is 13.1. The Morgan fingerprint density at radius 2 is 1.76 bits per heavy atom. The molecule has 9 heteroatoms. The first-order valence-electron chi connectivity index (χ1n) is 9.33. The second kappa shape index (κ2) is 7.74. The summed E-state index contributed by atoms with van der Waals surface area (Å²) in [7, 11) is -3.56. The molecule has 0 bridgehead atoms. The molecule has 0 aliphatic carbocycles. The number of hydrogen-bond acceptors (Lipinski definition) is 6. The second-order valence-electron chi connectivity index (χ2n) is 7.04. The van der Waals surface area contributed by atoms with Gasteiger partial charge in [0.2, 0.25) is 0 Å². The minimum atomic E-state index is -3.56. The number of aromatic nitrogens is 2. The highest BCUT2D eigenvalue weighted by atomic mass is 32.2. The van der Waals surface area contributed by atoms with Gasteiger partial charge in [-0.15, -0.1) is 11.3 Å². The molecule has 1 aliphatic heterocycles. The minimum Gasteiger partial charge on any atom is -0.369 e. The predicted octanol–water partition coefficient (Wildman–Crippen LogP) is 2.63. The molecule has 0 unspecified atom stereocenters. The third-order valence-corrected chi connectivity index (χ3v) is 8.74. The van der Waals surface area contributed by atoms with E-state index in [1.54, 1.807) is 22.5 Å². The molecule has 2 aromatic heterocycles. The summed E-state index contributed by atoms with van der Waals surface area (Å²) in [4.78, 5) is 14.1. The van der Waals surface area contributed by atoms with E-state index in [9.17, 15) is 13.2 Å². The first-order chi connectivity index (χ1) is 13.9. The summed E-state index contributed by atoms with van der Waals surface area (Å²) >= 11 is 1.17. The van der Waals surface area contributed by atoms with Gasteiger partial charge in [0.1, 0.15) is 9.90 Å². The molecule has 4 rings (SSSR count). The van der Waals surface area contributed by atoms with Crippen LogP contribution in [0.5, 0.6) is 0 Å². The SMILES string of the molecule is Cc1cccc(N2CCN(S(=O)(=O)c3ccc(-c4ccc(=O)[nH]n4)s3)CC2)c1C. The summed E-state index contributed by atoms with van der Waals surface area (Å²) in [5, 5.41) is 6.35. The molecular formula is C20H22N4O3S2. The van der Waals surface area contributed by atoms with Crippen LogP contribution in [0.4, 0.5) is 5.69 Å². The van der Waals surface area contributed by atoms with E-state index in [-0.39, 0.29) is 5.56 Å². The van der Waals surface area contributed by atoms with E-state index >= 15 is 0 Å². The molecule has 7 nitrogen and oxygen atoms in total. The van der Waals surface area contributed by atoms with Crippen molar-refractivity contribution in [2.45, 2.75) is 18.1 Å². The van der Waals surface area contributed by atoms with Crippen molar-refractivity contribution >= 4 is 27.0 Å². The summed E-state index contributed by atoms with van der Waals surface area (Å²) in [6.45, 7) is 6.39. The number of thiophene rings is 1. The molecule has 1 saturated heterocycles. The van der Waals surface area contributed by atoms with E-state index in [4.69, 9.17) is 0 Å². The highest BCUT2D eigenvalue weighted by Gasteiger charge is 2.30. The molecule has 0 spiro atoms. The Kier molecular flexibility index (Phi) is 5.28. The lowest BCUT2D eigenvalue weighted by Crippen LogP contribution is -2.48. The highest BCUT2D eigenvalue weighted by molar-refractivity contribution is 7.91. The molecule has 0 amide bonds. The largest absolute Gasteiger partial charge is 0.369 e. The standard InChI is InChI=1S/C20H22N4O3S2/c1-14-4-3-5-17(15(14)2)23-10-12-24(13-11-23)29(26,27)20-9-7-18(28-20)16-6-8-19(25)22-21-16/h3-9H,10-13H2,1-2H3,(H,22,25). The maximum Gasteiger partial charge on any atom is 0.264 e. The van der Waals surface area contributed by atoms with Crippen molar-refractivity contribution in [1.29, 1.82) is 0 Å². The average molecular weight is 431 g/mol. The van der Waals surface area contributed by atoms with E-state index in [1.165, 1.54) is 34.2 Å². The number of hydrogen-bond donors (Lipinski definition) is 1. The average Bonchev–Trinajstić information content (AvgIpc) is 3.22. The number of rotatable bonds is 4. The van der Waals surface area contributed by atoms with E-state index in [1.807, 2.05) is 6.07 Å². The lowest BCUT2D eigenvalue weighted by Gasteiger charge is -2.36. The zero-order valence-corrected chi connectivity index (χ0v) is 17.9. The smallest absolute Gasteiger partial charge is 0.264 e. The normalized spacial score (nSPS) is 15.6. The van der Waals surface area contributed by atoms with Gasteiger partial charge in [0, 0.05) is 37.9 Å². The van der Waals surface area contributed by atoms with Gasteiger partial charge in [-0.1, -0.05) is 12.1 Å². The fourth-order valence-corrected chi connectivity index (χ4v) is 6.31. The fourth-order valence-electron chi connectivity index (χ4n) is 3.45. The fraction of sp³-hybridized carbons (Fsp3) is 0.300. The Morgan fingerprint density at radius 1 is 1.00 bits per heavy atom. The summed E-state index contributed by atoms with van der Waals surface area (Å²) in [6, 6.07) is 12.5. The van der Waals surface area contributed by atoms with E-state index in [2.05, 4.69) is 41.1 Å². The maximum atomic E-state index is 13.1. The van der Waals surface area contributed by atoms with Crippen LogP contribution < -0.4 is 10.5 Å². The lowest BCUT2D eigenvalue weighted by atomic mass is 10.1. The van der Waals surface area contributed by atoms with Gasteiger partial charge in [0.05, 0.1) is 4.88 Å². The van der Waals surface area contributed by atoms with Gasteiger partial charge in [0.15, 0.2) is 0 Å². The number of nitrogens with one attached hydrogen (secondary N) is 1. The molecule has 0 saturated carbocycles. The Hall–Kier alpha value is -2.49. The van der Waals surface area contributed by atoms with Crippen LogP contribution in [-0.4, -0.2) is 49.1 Å². The van der Waals surface area contributed by atoms with E-state index in [0.717, 1.165) is 0 Å². The Labute approximate surface area is 173 Å². The van der Waals surface area contributed by atoms with Gasteiger partial charge in [-0.25, -0.2) is 13.5 Å². The molecular weight excluding hydrogens is 408 g/mol. The third kappa shape index (κ3) is 3.85. The number of benzene rings is 1. The molecule has 3 heterocycles.